The van der Waals surface area contributed by atoms with Gasteiger partial charge in [0.1, 0.15) is 5.82 Å². The third-order valence-corrected chi connectivity index (χ3v) is 4.03. The number of rotatable bonds is 0. The molecule has 2 atom stereocenters. The maximum Gasteiger partial charge on any atom is 0.168 e. The van der Waals surface area contributed by atoms with Crippen LogP contribution >= 0.6 is 11.8 Å². The Morgan fingerprint density at radius 2 is 2.07 bits per heavy atom. The van der Waals surface area contributed by atoms with Crippen LogP contribution in [0.3, 0.4) is 0 Å². The standard InChI is InChI=1S/C11H11FOS/c1-6-7(2)14-10-4-3-8(12)5-9(10)11(6)13/h3-7H,1-2H3. The average molecular weight is 210 g/mol. The molecule has 14 heavy (non-hydrogen) atoms. The zero-order valence-electron chi connectivity index (χ0n) is 8.08. The number of carbonyl (C=O) groups excluding carboxylic acids is 1. The number of benzene rings is 1. The van der Waals surface area contributed by atoms with Crippen LogP contribution in [0.5, 0.6) is 0 Å². The molecule has 3 heteroatoms. The molecule has 2 rings (SSSR count). The summed E-state index contributed by atoms with van der Waals surface area (Å²) in [5.74, 6) is -0.292. The molecule has 0 bridgehead atoms. The van der Waals surface area contributed by atoms with Crippen LogP contribution in [-0.2, 0) is 0 Å². The smallest absolute Gasteiger partial charge is 0.168 e. The summed E-state index contributed by atoms with van der Waals surface area (Å²) in [7, 11) is 0. The molecule has 0 aromatic heterocycles. The van der Waals surface area contributed by atoms with Crippen LogP contribution in [0.15, 0.2) is 23.1 Å². The van der Waals surface area contributed by atoms with Crippen molar-refractivity contribution in [3.8, 4) is 0 Å². The normalized spacial score (nSPS) is 26.1. The molecule has 0 radical (unpaired) electrons. The fourth-order valence-corrected chi connectivity index (χ4v) is 2.72. The number of thioether (sulfide) groups is 1. The van der Waals surface area contributed by atoms with Crippen molar-refractivity contribution in [2.24, 2.45) is 5.92 Å². The van der Waals surface area contributed by atoms with E-state index < -0.39 is 0 Å². The largest absolute Gasteiger partial charge is 0.294 e. The van der Waals surface area contributed by atoms with Gasteiger partial charge in [0.15, 0.2) is 5.78 Å². The average Bonchev–Trinajstić information content (AvgIpc) is 2.16. The summed E-state index contributed by atoms with van der Waals surface area (Å²) >= 11 is 1.64. The molecular formula is C11H11FOS. The number of carbonyl (C=O) groups is 1. The van der Waals surface area contributed by atoms with E-state index in [4.69, 9.17) is 0 Å². The van der Waals surface area contributed by atoms with Gasteiger partial charge in [-0.05, 0) is 18.2 Å². The maximum absolute atomic E-state index is 12.9. The predicted octanol–water partition coefficient (Wildman–Crippen LogP) is 3.14. The number of Topliss-reactive ketones (excluding diaryl/α,β-unsaturated/α-hetero) is 1. The second kappa shape index (κ2) is 3.39. The molecule has 1 nitrogen and oxygen atoms in total. The van der Waals surface area contributed by atoms with Crippen molar-refractivity contribution in [1.29, 1.82) is 0 Å². The Balaban J connectivity index is 2.51. The monoisotopic (exact) mass is 210 g/mol. The second-order valence-corrected chi connectivity index (χ2v) is 5.04. The van der Waals surface area contributed by atoms with Gasteiger partial charge in [0, 0.05) is 21.6 Å². The second-order valence-electron chi connectivity index (χ2n) is 3.62. The molecule has 2 unspecified atom stereocenters. The van der Waals surface area contributed by atoms with E-state index in [1.807, 2.05) is 13.8 Å². The summed E-state index contributed by atoms with van der Waals surface area (Å²) in [4.78, 5) is 12.7. The predicted molar refractivity (Wildman–Crippen MR) is 55.2 cm³/mol. The lowest BCUT2D eigenvalue weighted by Gasteiger charge is -2.25. The molecule has 0 amide bonds. The first kappa shape index (κ1) is 9.71. The summed E-state index contributed by atoms with van der Waals surface area (Å²) in [5.41, 5.74) is 0.542. The first-order chi connectivity index (χ1) is 6.59. The highest BCUT2D eigenvalue weighted by Gasteiger charge is 2.30. The van der Waals surface area contributed by atoms with E-state index in [-0.39, 0.29) is 22.8 Å². The first-order valence-corrected chi connectivity index (χ1v) is 5.48. The van der Waals surface area contributed by atoms with Crippen LogP contribution in [0.25, 0.3) is 0 Å². The van der Waals surface area contributed by atoms with E-state index in [0.717, 1.165) is 4.90 Å². The molecule has 0 spiro atoms. The summed E-state index contributed by atoms with van der Waals surface area (Å²) in [6, 6.07) is 4.43. The van der Waals surface area contributed by atoms with Crippen LogP contribution in [0, 0.1) is 11.7 Å². The molecular weight excluding hydrogens is 199 g/mol. The SMILES string of the molecule is CC1Sc2ccc(F)cc2C(=O)C1C. The van der Waals surface area contributed by atoms with E-state index >= 15 is 0 Å². The van der Waals surface area contributed by atoms with Crippen molar-refractivity contribution < 1.29 is 9.18 Å². The Morgan fingerprint density at radius 3 is 2.79 bits per heavy atom. The minimum atomic E-state index is -0.334. The molecule has 1 aromatic carbocycles. The van der Waals surface area contributed by atoms with E-state index in [2.05, 4.69) is 0 Å². The Kier molecular flexibility index (Phi) is 2.35. The van der Waals surface area contributed by atoms with Crippen LogP contribution in [0.1, 0.15) is 24.2 Å². The number of hydrogen-bond acceptors (Lipinski definition) is 2. The number of halogens is 1. The fraction of sp³-hybridized carbons (Fsp3) is 0.364. The first-order valence-electron chi connectivity index (χ1n) is 4.60. The van der Waals surface area contributed by atoms with Gasteiger partial charge in [-0.3, -0.25) is 4.79 Å². The highest BCUT2D eigenvalue weighted by molar-refractivity contribution is 8.00. The Bertz CT molecular complexity index is 389. The van der Waals surface area contributed by atoms with Gasteiger partial charge in [-0.25, -0.2) is 4.39 Å². The van der Waals surface area contributed by atoms with E-state index in [1.165, 1.54) is 12.1 Å². The lowest BCUT2D eigenvalue weighted by molar-refractivity contribution is 0.0923. The summed E-state index contributed by atoms with van der Waals surface area (Å²) in [5, 5.41) is 0.278. The van der Waals surface area contributed by atoms with Crippen molar-refractivity contribution in [3.05, 3.63) is 29.6 Å². The van der Waals surface area contributed by atoms with Crippen molar-refractivity contribution >= 4 is 17.5 Å². The molecule has 0 saturated heterocycles. The Morgan fingerprint density at radius 1 is 1.36 bits per heavy atom. The Labute approximate surface area is 86.7 Å². The zero-order chi connectivity index (χ0) is 10.3. The summed E-state index contributed by atoms with van der Waals surface area (Å²) in [6.07, 6.45) is 0. The minimum Gasteiger partial charge on any atom is -0.294 e. The van der Waals surface area contributed by atoms with Crippen molar-refractivity contribution in [2.75, 3.05) is 0 Å². The van der Waals surface area contributed by atoms with Gasteiger partial charge in [-0.15, -0.1) is 11.8 Å². The Hall–Kier alpha value is -0.830. The van der Waals surface area contributed by atoms with Crippen molar-refractivity contribution in [3.63, 3.8) is 0 Å². The third kappa shape index (κ3) is 1.46. The van der Waals surface area contributed by atoms with Gasteiger partial charge in [0.05, 0.1) is 0 Å². The molecule has 1 aromatic rings. The van der Waals surface area contributed by atoms with E-state index in [1.54, 1.807) is 17.8 Å². The van der Waals surface area contributed by atoms with Gasteiger partial charge in [-0.1, -0.05) is 13.8 Å². The van der Waals surface area contributed by atoms with Gasteiger partial charge in [-0.2, -0.15) is 0 Å². The van der Waals surface area contributed by atoms with Crippen molar-refractivity contribution in [2.45, 2.75) is 24.0 Å². The number of fused-ring (bicyclic) bond motifs is 1. The highest BCUT2D eigenvalue weighted by Crippen LogP contribution is 2.38. The van der Waals surface area contributed by atoms with Crippen LogP contribution in [0.4, 0.5) is 4.39 Å². The van der Waals surface area contributed by atoms with Gasteiger partial charge in [0.25, 0.3) is 0 Å². The third-order valence-electron chi connectivity index (χ3n) is 2.64. The number of ketones is 1. The van der Waals surface area contributed by atoms with Crippen LogP contribution in [-0.4, -0.2) is 11.0 Å². The minimum absolute atomic E-state index is 0.0192. The fourth-order valence-electron chi connectivity index (χ4n) is 1.56. The maximum atomic E-state index is 12.9. The van der Waals surface area contributed by atoms with Crippen LogP contribution < -0.4 is 0 Å². The molecule has 0 aliphatic carbocycles. The summed E-state index contributed by atoms with van der Waals surface area (Å²) in [6.45, 7) is 3.92. The number of hydrogen-bond donors (Lipinski definition) is 0. The molecule has 0 saturated carbocycles. The molecule has 1 aliphatic rings. The summed E-state index contributed by atoms with van der Waals surface area (Å²) < 4.78 is 12.9. The van der Waals surface area contributed by atoms with Gasteiger partial charge >= 0.3 is 0 Å². The lowest BCUT2D eigenvalue weighted by Crippen LogP contribution is -2.25. The van der Waals surface area contributed by atoms with Crippen LogP contribution in [0.2, 0.25) is 0 Å². The van der Waals surface area contributed by atoms with Gasteiger partial charge in [0.2, 0.25) is 0 Å². The quantitative estimate of drug-likeness (QED) is 0.654. The highest BCUT2D eigenvalue weighted by atomic mass is 32.2. The topological polar surface area (TPSA) is 17.1 Å². The van der Waals surface area contributed by atoms with Crippen molar-refractivity contribution in [1.82, 2.24) is 0 Å². The van der Waals surface area contributed by atoms with Gasteiger partial charge < -0.3 is 0 Å². The zero-order valence-corrected chi connectivity index (χ0v) is 8.90. The molecule has 74 valence electrons. The molecule has 0 fully saturated rings. The lowest BCUT2D eigenvalue weighted by atomic mass is 9.96. The van der Waals surface area contributed by atoms with E-state index in [9.17, 15) is 9.18 Å². The van der Waals surface area contributed by atoms with E-state index in [0.29, 0.717) is 5.56 Å². The molecule has 1 heterocycles. The molecule has 1 aliphatic heterocycles. The molecule has 0 N–H and O–H groups in total.